The zero-order chi connectivity index (χ0) is 12.7. The molecule has 1 saturated heterocycles. The summed E-state index contributed by atoms with van der Waals surface area (Å²) in [6, 6.07) is 1.86. The van der Waals surface area contributed by atoms with E-state index in [0.29, 0.717) is 25.9 Å². The number of rotatable bonds is 4. The molecule has 0 aromatic carbocycles. The first-order valence-electron chi connectivity index (χ1n) is 5.61. The van der Waals surface area contributed by atoms with Crippen LogP contribution in [-0.2, 0) is 9.53 Å². The van der Waals surface area contributed by atoms with E-state index in [-0.39, 0.29) is 30.8 Å². The maximum Gasteiger partial charge on any atom is 0.410 e. The highest BCUT2D eigenvalue weighted by atomic mass is 16.6. The first-order valence-corrected chi connectivity index (χ1v) is 5.61. The number of amides is 1. The maximum absolute atomic E-state index is 11.5. The van der Waals surface area contributed by atoms with Crippen LogP contribution in [0.4, 0.5) is 4.79 Å². The van der Waals surface area contributed by atoms with Crippen LogP contribution in [0.3, 0.4) is 0 Å². The lowest BCUT2D eigenvalue weighted by atomic mass is 9.91. The highest BCUT2D eigenvalue weighted by Crippen LogP contribution is 2.19. The smallest absolute Gasteiger partial charge is 0.410 e. The van der Waals surface area contributed by atoms with E-state index >= 15 is 0 Å². The van der Waals surface area contributed by atoms with Gasteiger partial charge in [0.2, 0.25) is 0 Å². The standard InChI is InChI=1S/C12H16N2O3/c1-2-9-17-12(16)14-7-4-10(5-8-14)11(15)3-6-13/h2,10H,1,3-5,7-9H2. The topological polar surface area (TPSA) is 70.4 Å². The van der Waals surface area contributed by atoms with Crippen molar-refractivity contribution >= 4 is 11.9 Å². The molecule has 1 fully saturated rings. The van der Waals surface area contributed by atoms with Gasteiger partial charge in [0.25, 0.3) is 0 Å². The number of ketones is 1. The van der Waals surface area contributed by atoms with Gasteiger partial charge in [0, 0.05) is 19.0 Å². The number of piperidine rings is 1. The zero-order valence-electron chi connectivity index (χ0n) is 9.72. The Hall–Kier alpha value is -1.83. The predicted octanol–water partition coefficient (Wildman–Crippen LogP) is 1.50. The lowest BCUT2D eigenvalue weighted by molar-refractivity contribution is -0.123. The molecule has 0 saturated carbocycles. The SMILES string of the molecule is C=CCOC(=O)N1CCC(C(=O)CC#N)CC1. The van der Waals surface area contributed by atoms with Crippen LogP contribution in [0, 0.1) is 17.2 Å². The molecule has 5 nitrogen and oxygen atoms in total. The van der Waals surface area contributed by atoms with Crippen molar-refractivity contribution in [1.29, 1.82) is 5.26 Å². The molecule has 1 amide bonds. The summed E-state index contributed by atoms with van der Waals surface area (Å²) in [6.45, 7) is 4.69. The summed E-state index contributed by atoms with van der Waals surface area (Å²) in [6.07, 6.45) is 2.34. The lowest BCUT2D eigenvalue weighted by Gasteiger charge is -2.30. The van der Waals surface area contributed by atoms with E-state index in [9.17, 15) is 9.59 Å². The van der Waals surface area contributed by atoms with Gasteiger partial charge in [0.15, 0.2) is 0 Å². The lowest BCUT2D eigenvalue weighted by Crippen LogP contribution is -2.40. The predicted molar refractivity (Wildman–Crippen MR) is 61.1 cm³/mol. The Balaban J connectivity index is 2.35. The van der Waals surface area contributed by atoms with Crippen molar-refractivity contribution in [1.82, 2.24) is 4.90 Å². The minimum Gasteiger partial charge on any atom is -0.445 e. The average molecular weight is 236 g/mol. The van der Waals surface area contributed by atoms with Crippen molar-refractivity contribution in [2.45, 2.75) is 19.3 Å². The van der Waals surface area contributed by atoms with Gasteiger partial charge in [-0.25, -0.2) is 4.79 Å². The molecular formula is C12H16N2O3. The molecule has 1 heterocycles. The summed E-state index contributed by atoms with van der Waals surface area (Å²) >= 11 is 0. The van der Waals surface area contributed by atoms with Crippen molar-refractivity contribution in [2.75, 3.05) is 19.7 Å². The number of nitriles is 1. The van der Waals surface area contributed by atoms with Crippen LogP contribution in [0.1, 0.15) is 19.3 Å². The highest BCUT2D eigenvalue weighted by molar-refractivity contribution is 5.83. The van der Waals surface area contributed by atoms with Crippen molar-refractivity contribution in [2.24, 2.45) is 5.92 Å². The van der Waals surface area contributed by atoms with Gasteiger partial charge in [-0.15, -0.1) is 0 Å². The molecule has 0 N–H and O–H groups in total. The van der Waals surface area contributed by atoms with Crippen LogP contribution in [0.25, 0.3) is 0 Å². The van der Waals surface area contributed by atoms with Gasteiger partial charge < -0.3 is 9.64 Å². The van der Waals surface area contributed by atoms with Crippen LogP contribution in [0.15, 0.2) is 12.7 Å². The fourth-order valence-corrected chi connectivity index (χ4v) is 1.83. The van der Waals surface area contributed by atoms with E-state index < -0.39 is 0 Å². The molecule has 1 rings (SSSR count). The summed E-state index contributed by atoms with van der Waals surface area (Å²) in [7, 11) is 0. The molecular weight excluding hydrogens is 220 g/mol. The second kappa shape index (κ2) is 6.69. The molecule has 17 heavy (non-hydrogen) atoms. The molecule has 0 spiro atoms. The fourth-order valence-electron chi connectivity index (χ4n) is 1.83. The quantitative estimate of drug-likeness (QED) is 0.693. The Morgan fingerprint density at radius 2 is 2.12 bits per heavy atom. The summed E-state index contributed by atoms with van der Waals surface area (Å²) < 4.78 is 4.91. The van der Waals surface area contributed by atoms with Crippen LogP contribution < -0.4 is 0 Å². The van der Waals surface area contributed by atoms with Crippen molar-refractivity contribution in [3.05, 3.63) is 12.7 Å². The number of ether oxygens (including phenoxy) is 1. The van der Waals surface area contributed by atoms with Gasteiger partial charge >= 0.3 is 6.09 Å². The maximum atomic E-state index is 11.5. The Morgan fingerprint density at radius 3 is 2.65 bits per heavy atom. The van der Waals surface area contributed by atoms with Gasteiger partial charge in [-0.2, -0.15) is 5.26 Å². The Morgan fingerprint density at radius 1 is 1.47 bits per heavy atom. The van der Waals surface area contributed by atoms with Crippen LogP contribution in [0.5, 0.6) is 0 Å². The first-order chi connectivity index (χ1) is 8.19. The molecule has 5 heteroatoms. The van der Waals surface area contributed by atoms with E-state index in [4.69, 9.17) is 10.00 Å². The number of carbonyl (C=O) groups is 2. The number of nitrogens with zero attached hydrogens (tertiary/aromatic N) is 2. The molecule has 1 aliphatic rings. The van der Waals surface area contributed by atoms with Crippen LogP contribution in [0.2, 0.25) is 0 Å². The number of Topliss-reactive ketones (excluding diaryl/α,β-unsaturated/α-hetero) is 1. The molecule has 0 aliphatic carbocycles. The number of hydrogen-bond donors (Lipinski definition) is 0. The minimum atomic E-state index is -0.365. The Kier molecular flexibility index (Phi) is 5.21. The molecule has 1 aliphatic heterocycles. The molecule has 92 valence electrons. The first kappa shape index (κ1) is 13.2. The minimum absolute atomic E-state index is 0.0217. The molecule has 0 radical (unpaired) electrons. The Labute approximate surface area is 101 Å². The van der Waals surface area contributed by atoms with Crippen molar-refractivity contribution in [3.63, 3.8) is 0 Å². The number of likely N-dealkylation sites (tertiary alicyclic amines) is 1. The van der Waals surface area contributed by atoms with E-state index in [1.807, 2.05) is 6.07 Å². The van der Waals surface area contributed by atoms with Crippen LogP contribution in [-0.4, -0.2) is 36.5 Å². The van der Waals surface area contributed by atoms with E-state index in [0.717, 1.165) is 0 Å². The van der Waals surface area contributed by atoms with Crippen molar-refractivity contribution < 1.29 is 14.3 Å². The number of carbonyl (C=O) groups excluding carboxylic acids is 2. The average Bonchev–Trinajstić information content (AvgIpc) is 2.36. The highest BCUT2D eigenvalue weighted by Gasteiger charge is 2.27. The second-order valence-electron chi connectivity index (χ2n) is 3.93. The van der Waals surface area contributed by atoms with E-state index in [1.165, 1.54) is 6.08 Å². The van der Waals surface area contributed by atoms with Crippen LogP contribution >= 0.6 is 0 Å². The largest absolute Gasteiger partial charge is 0.445 e. The normalized spacial score (nSPS) is 16.1. The summed E-state index contributed by atoms with van der Waals surface area (Å²) in [5.74, 6) is -0.107. The van der Waals surface area contributed by atoms with Crippen molar-refractivity contribution in [3.8, 4) is 6.07 Å². The van der Waals surface area contributed by atoms with Gasteiger partial charge in [-0.3, -0.25) is 4.79 Å². The third-order valence-corrected chi connectivity index (χ3v) is 2.79. The molecule has 0 atom stereocenters. The molecule has 0 aromatic rings. The van der Waals surface area contributed by atoms with Gasteiger partial charge in [-0.1, -0.05) is 12.7 Å². The fraction of sp³-hybridized carbons (Fsp3) is 0.583. The second-order valence-corrected chi connectivity index (χ2v) is 3.93. The molecule has 0 unspecified atom stereocenters. The molecule has 0 aromatic heterocycles. The van der Waals surface area contributed by atoms with E-state index in [1.54, 1.807) is 4.90 Å². The summed E-state index contributed by atoms with van der Waals surface area (Å²) in [4.78, 5) is 24.5. The molecule has 0 bridgehead atoms. The monoisotopic (exact) mass is 236 g/mol. The van der Waals surface area contributed by atoms with E-state index in [2.05, 4.69) is 6.58 Å². The van der Waals surface area contributed by atoms with Gasteiger partial charge in [-0.05, 0) is 12.8 Å². The van der Waals surface area contributed by atoms with Gasteiger partial charge in [0.1, 0.15) is 12.4 Å². The summed E-state index contributed by atoms with van der Waals surface area (Å²) in [5.41, 5.74) is 0. The van der Waals surface area contributed by atoms with Gasteiger partial charge in [0.05, 0.1) is 12.5 Å². The number of hydrogen-bond acceptors (Lipinski definition) is 4. The third-order valence-electron chi connectivity index (χ3n) is 2.79. The third kappa shape index (κ3) is 3.91. The summed E-state index contributed by atoms with van der Waals surface area (Å²) in [5, 5.41) is 8.44. The zero-order valence-corrected chi connectivity index (χ0v) is 9.72. The Bertz CT molecular complexity index is 338.